The molecule has 0 spiro atoms. The van der Waals surface area contributed by atoms with E-state index in [1.165, 1.54) is 16.7 Å². The number of nitrogens with two attached hydrogens (primary N) is 2. The van der Waals surface area contributed by atoms with E-state index in [4.69, 9.17) is 15.6 Å². The fraction of sp³-hybridized carbons (Fsp3) is 0.0714. The summed E-state index contributed by atoms with van der Waals surface area (Å²) in [6.07, 6.45) is -1.33. The van der Waals surface area contributed by atoms with Crippen LogP contribution in [0.2, 0.25) is 0 Å². The number of amides is 1. The first-order chi connectivity index (χ1) is 8.50. The molecule has 2 aromatic carbocycles. The Morgan fingerprint density at radius 1 is 1.11 bits per heavy atom. The number of aryl methyl sites for hydroxylation is 1. The molecule has 0 atom stereocenters. The third-order valence-corrected chi connectivity index (χ3v) is 2.34. The second-order valence-corrected chi connectivity index (χ2v) is 3.78. The monoisotopic (exact) mass is 244 g/mol. The van der Waals surface area contributed by atoms with E-state index in [-0.39, 0.29) is 0 Å². The number of anilines is 1. The molecule has 94 valence electrons. The van der Waals surface area contributed by atoms with Crippen LogP contribution in [0.3, 0.4) is 0 Å². The van der Waals surface area contributed by atoms with E-state index in [1.54, 1.807) is 0 Å². The van der Waals surface area contributed by atoms with Crippen molar-refractivity contribution < 1.29 is 9.90 Å². The Kier molecular flexibility index (Phi) is 4.75. The molecule has 4 nitrogen and oxygen atoms in total. The summed E-state index contributed by atoms with van der Waals surface area (Å²) in [4.78, 5) is 8.78. The standard InChI is InChI=1S/C13H13N.CH3NO2/c1-10-9-12(14)7-8-13(10)11-5-3-2-4-6-11;2-1(3)4/h2-9H,14H2,1H3;2H2,(H,3,4). The van der Waals surface area contributed by atoms with E-state index < -0.39 is 6.09 Å². The molecule has 2 rings (SSSR count). The van der Waals surface area contributed by atoms with Gasteiger partial charge < -0.3 is 16.6 Å². The van der Waals surface area contributed by atoms with E-state index in [2.05, 4.69) is 30.9 Å². The number of nitrogen functional groups attached to an aromatic ring is 1. The zero-order valence-electron chi connectivity index (χ0n) is 10.1. The lowest BCUT2D eigenvalue weighted by molar-refractivity contribution is 0.205. The van der Waals surface area contributed by atoms with Crippen LogP contribution < -0.4 is 11.5 Å². The molecule has 0 unspecified atom stereocenters. The minimum absolute atomic E-state index is 0.821. The zero-order chi connectivity index (χ0) is 13.5. The molecule has 0 aromatic heterocycles. The Labute approximate surface area is 106 Å². The maximum Gasteiger partial charge on any atom is 0.402 e. The second kappa shape index (κ2) is 6.30. The van der Waals surface area contributed by atoms with Crippen molar-refractivity contribution in [3.63, 3.8) is 0 Å². The summed E-state index contributed by atoms with van der Waals surface area (Å²) in [5, 5.41) is 7.19. The fourth-order valence-corrected chi connectivity index (χ4v) is 1.63. The summed E-state index contributed by atoms with van der Waals surface area (Å²) in [7, 11) is 0. The number of carboxylic acid groups (broad SMARTS) is 1. The highest BCUT2D eigenvalue weighted by Crippen LogP contribution is 2.24. The molecule has 0 bridgehead atoms. The molecule has 1 amide bonds. The van der Waals surface area contributed by atoms with Gasteiger partial charge in [-0.25, -0.2) is 4.79 Å². The van der Waals surface area contributed by atoms with Crippen molar-refractivity contribution in [2.45, 2.75) is 6.92 Å². The van der Waals surface area contributed by atoms with Gasteiger partial charge in [-0.2, -0.15) is 0 Å². The van der Waals surface area contributed by atoms with E-state index >= 15 is 0 Å². The summed E-state index contributed by atoms with van der Waals surface area (Å²) in [6.45, 7) is 2.08. The van der Waals surface area contributed by atoms with Crippen LogP contribution in [0.4, 0.5) is 10.5 Å². The van der Waals surface area contributed by atoms with Crippen LogP contribution in [0.25, 0.3) is 11.1 Å². The van der Waals surface area contributed by atoms with Crippen molar-refractivity contribution >= 4 is 11.8 Å². The summed E-state index contributed by atoms with van der Waals surface area (Å²) in [5.74, 6) is 0. The van der Waals surface area contributed by atoms with Crippen LogP contribution in [0.15, 0.2) is 48.5 Å². The average molecular weight is 244 g/mol. The van der Waals surface area contributed by atoms with Gasteiger partial charge in [-0.15, -0.1) is 0 Å². The van der Waals surface area contributed by atoms with Crippen LogP contribution in [-0.4, -0.2) is 11.2 Å². The van der Waals surface area contributed by atoms with Gasteiger partial charge in [0, 0.05) is 5.69 Å². The first-order valence-electron chi connectivity index (χ1n) is 5.40. The highest BCUT2D eigenvalue weighted by molar-refractivity contribution is 5.69. The summed E-state index contributed by atoms with van der Waals surface area (Å²) in [5.41, 5.74) is 14.3. The first-order valence-corrected chi connectivity index (χ1v) is 5.40. The number of rotatable bonds is 1. The van der Waals surface area contributed by atoms with Crippen molar-refractivity contribution in [1.82, 2.24) is 0 Å². The van der Waals surface area contributed by atoms with Crippen molar-refractivity contribution in [3.05, 3.63) is 54.1 Å². The minimum atomic E-state index is -1.33. The molecule has 0 fully saturated rings. The highest BCUT2D eigenvalue weighted by Gasteiger charge is 2.00. The van der Waals surface area contributed by atoms with Crippen molar-refractivity contribution in [1.29, 1.82) is 0 Å². The largest absolute Gasteiger partial charge is 0.465 e. The maximum absolute atomic E-state index is 8.78. The third kappa shape index (κ3) is 4.17. The molecule has 0 aliphatic carbocycles. The van der Waals surface area contributed by atoms with Crippen molar-refractivity contribution in [2.75, 3.05) is 5.73 Å². The summed E-state index contributed by atoms with van der Waals surface area (Å²) >= 11 is 0. The fourth-order valence-electron chi connectivity index (χ4n) is 1.63. The lowest BCUT2D eigenvalue weighted by Crippen LogP contribution is -2.03. The van der Waals surface area contributed by atoms with Crippen LogP contribution in [0.5, 0.6) is 0 Å². The quantitative estimate of drug-likeness (QED) is 0.674. The van der Waals surface area contributed by atoms with Gasteiger partial charge in [-0.1, -0.05) is 36.4 Å². The van der Waals surface area contributed by atoms with Gasteiger partial charge in [-0.3, -0.25) is 0 Å². The van der Waals surface area contributed by atoms with Crippen LogP contribution in [0.1, 0.15) is 5.56 Å². The molecular weight excluding hydrogens is 228 g/mol. The smallest absolute Gasteiger partial charge is 0.402 e. The van der Waals surface area contributed by atoms with Gasteiger partial charge in [0.2, 0.25) is 0 Å². The molecular formula is C14H16N2O2. The van der Waals surface area contributed by atoms with E-state index in [9.17, 15) is 0 Å². The SMILES string of the molecule is Cc1cc(N)ccc1-c1ccccc1.NC(=O)O. The van der Waals surface area contributed by atoms with E-state index in [0.29, 0.717) is 0 Å². The number of primary amides is 1. The molecule has 18 heavy (non-hydrogen) atoms. The van der Waals surface area contributed by atoms with Gasteiger partial charge in [0.15, 0.2) is 0 Å². The Morgan fingerprint density at radius 2 is 1.67 bits per heavy atom. The lowest BCUT2D eigenvalue weighted by Gasteiger charge is -2.06. The second-order valence-electron chi connectivity index (χ2n) is 3.78. The Balaban J connectivity index is 0.000000357. The zero-order valence-corrected chi connectivity index (χ0v) is 10.1. The number of hydrogen-bond acceptors (Lipinski definition) is 2. The molecule has 0 heterocycles. The number of carbonyl (C=O) groups is 1. The Bertz CT molecular complexity index is 521. The van der Waals surface area contributed by atoms with E-state index in [0.717, 1.165) is 5.69 Å². The van der Waals surface area contributed by atoms with Gasteiger partial charge in [-0.05, 0) is 35.7 Å². The molecule has 0 radical (unpaired) electrons. The van der Waals surface area contributed by atoms with Gasteiger partial charge in [0.05, 0.1) is 0 Å². The molecule has 0 aliphatic rings. The van der Waals surface area contributed by atoms with E-state index in [1.807, 2.05) is 30.3 Å². The van der Waals surface area contributed by atoms with Crippen LogP contribution in [-0.2, 0) is 0 Å². The normalized spacial score (nSPS) is 9.17. The average Bonchev–Trinajstić information content (AvgIpc) is 2.29. The number of benzene rings is 2. The third-order valence-electron chi connectivity index (χ3n) is 2.34. The van der Waals surface area contributed by atoms with Crippen LogP contribution >= 0.6 is 0 Å². The Hall–Kier alpha value is -2.49. The minimum Gasteiger partial charge on any atom is -0.465 e. The topological polar surface area (TPSA) is 89.3 Å². The lowest BCUT2D eigenvalue weighted by atomic mass is 10.0. The highest BCUT2D eigenvalue weighted by atomic mass is 16.4. The summed E-state index contributed by atoms with van der Waals surface area (Å²) in [6, 6.07) is 16.3. The van der Waals surface area contributed by atoms with Crippen LogP contribution in [0, 0.1) is 6.92 Å². The van der Waals surface area contributed by atoms with Crippen molar-refractivity contribution in [3.8, 4) is 11.1 Å². The first kappa shape index (κ1) is 13.6. The molecule has 0 saturated carbocycles. The Morgan fingerprint density at radius 3 is 2.17 bits per heavy atom. The molecule has 0 aliphatic heterocycles. The van der Waals surface area contributed by atoms with Gasteiger partial charge >= 0.3 is 6.09 Å². The number of hydrogen-bond donors (Lipinski definition) is 3. The maximum atomic E-state index is 8.78. The molecule has 5 N–H and O–H groups in total. The predicted molar refractivity (Wildman–Crippen MR) is 73.2 cm³/mol. The summed E-state index contributed by atoms with van der Waals surface area (Å²) < 4.78 is 0. The van der Waals surface area contributed by atoms with Crippen molar-refractivity contribution in [2.24, 2.45) is 5.73 Å². The van der Waals surface area contributed by atoms with Gasteiger partial charge in [0.1, 0.15) is 0 Å². The predicted octanol–water partition coefficient (Wildman–Crippen LogP) is 2.87. The molecule has 0 saturated heterocycles. The molecule has 4 heteroatoms. The van der Waals surface area contributed by atoms with Gasteiger partial charge in [0.25, 0.3) is 0 Å². The molecule has 2 aromatic rings.